The molecule has 1 aromatic heterocycles. The Morgan fingerprint density at radius 3 is 2.78 bits per heavy atom. The van der Waals surface area contributed by atoms with Crippen molar-refractivity contribution in [2.75, 3.05) is 6.54 Å². The molecule has 0 aliphatic carbocycles. The van der Waals surface area contributed by atoms with E-state index in [1.165, 1.54) is 12.1 Å². The number of carbonyl (C=O) groups excluding carboxylic acids is 1. The van der Waals surface area contributed by atoms with E-state index in [1.54, 1.807) is 24.4 Å². The number of aromatic nitrogens is 1. The minimum Gasteiger partial charge on any atom is -0.351 e. The van der Waals surface area contributed by atoms with Crippen molar-refractivity contribution in [3.63, 3.8) is 0 Å². The van der Waals surface area contributed by atoms with Gasteiger partial charge in [-0.1, -0.05) is 31.8 Å². The molecule has 3 nitrogen and oxygen atoms in total. The fourth-order valence-electron chi connectivity index (χ4n) is 2.54. The minimum atomic E-state index is -0.321. The molecule has 116 valence electrons. The van der Waals surface area contributed by atoms with Crippen LogP contribution in [0.5, 0.6) is 0 Å². The zero-order chi connectivity index (χ0) is 16.4. The lowest BCUT2D eigenvalue weighted by Crippen LogP contribution is -2.31. The van der Waals surface area contributed by atoms with Gasteiger partial charge in [-0.3, -0.25) is 9.78 Å². The third-order valence-electron chi connectivity index (χ3n) is 3.76. The predicted molar refractivity (Wildman–Crippen MR) is 86.4 cm³/mol. The second kappa shape index (κ2) is 5.85. The summed E-state index contributed by atoms with van der Waals surface area (Å²) in [5.74, 6) is 5.40. The molecule has 0 atom stereocenters. The Morgan fingerprint density at radius 1 is 1.22 bits per heavy atom. The van der Waals surface area contributed by atoms with Crippen LogP contribution in [0.3, 0.4) is 0 Å². The number of hydrogen-bond acceptors (Lipinski definition) is 2. The summed E-state index contributed by atoms with van der Waals surface area (Å²) < 4.78 is 13.2. The molecule has 0 bridgehead atoms. The highest BCUT2D eigenvalue weighted by molar-refractivity contribution is 5.96. The van der Waals surface area contributed by atoms with Gasteiger partial charge in [0, 0.05) is 23.9 Å². The van der Waals surface area contributed by atoms with Gasteiger partial charge >= 0.3 is 0 Å². The van der Waals surface area contributed by atoms with E-state index >= 15 is 0 Å². The first-order valence-corrected chi connectivity index (χ1v) is 7.48. The van der Waals surface area contributed by atoms with Crippen molar-refractivity contribution in [2.24, 2.45) is 5.41 Å². The van der Waals surface area contributed by atoms with Crippen molar-refractivity contribution in [3.8, 4) is 11.8 Å². The van der Waals surface area contributed by atoms with Crippen LogP contribution in [0, 0.1) is 23.1 Å². The number of amides is 1. The van der Waals surface area contributed by atoms with Crippen LogP contribution in [0.25, 0.3) is 0 Å². The number of hydrogen-bond donors (Lipinski definition) is 1. The molecule has 0 unspecified atom stereocenters. The molecule has 2 aromatic rings. The van der Waals surface area contributed by atoms with Crippen molar-refractivity contribution in [3.05, 3.63) is 64.7 Å². The van der Waals surface area contributed by atoms with Crippen LogP contribution in [0.15, 0.2) is 36.5 Å². The van der Waals surface area contributed by atoms with Gasteiger partial charge in [-0.2, -0.15) is 0 Å². The number of nitrogens with zero attached hydrogens (tertiary/aromatic N) is 1. The second-order valence-corrected chi connectivity index (χ2v) is 6.50. The smallest absolute Gasteiger partial charge is 0.253 e. The number of benzene rings is 1. The van der Waals surface area contributed by atoms with Gasteiger partial charge in [-0.05, 0) is 36.1 Å². The summed E-state index contributed by atoms with van der Waals surface area (Å²) in [6.07, 6.45) is 2.40. The molecule has 0 saturated heterocycles. The van der Waals surface area contributed by atoms with Gasteiger partial charge in [0.05, 0.1) is 11.3 Å². The number of rotatable bonds is 0. The Hall–Kier alpha value is -2.67. The van der Waals surface area contributed by atoms with Crippen molar-refractivity contribution in [2.45, 2.75) is 20.3 Å². The maximum atomic E-state index is 13.2. The lowest BCUT2D eigenvalue weighted by atomic mass is 9.87. The molecule has 1 amide bonds. The van der Waals surface area contributed by atoms with Gasteiger partial charge in [0.15, 0.2) is 0 Å². The third-order valence-corrected chi connectivity index (χ3v) is 3.76. The van der Waals surface area contributed by atoms with Gasteiger partial charge in [0.25, 0.3) is 5.91 Å². The summed E-state index contributed by atoms with van der Waals surface area (Å²) in [5, 5.41) is 2.92. The third kappa shape index (κ3) is 3.57. The molecule has 1 aliphatic heterocycles. The highest BCUT2D eigenvalue weighted by atomic mass is 19.1. The summed E-state index contributed by atoms with van der Waals surface area (Å²) in [4.78, 5) is 16.6. The average molecular weight is 308 g/mol. The lowest BCUT2D eigenvalue weighted by Gasteiger charge is -2.21. The van der Waals surface area contributed by atoms with Crippen LogP contribution in [-0.4, -0.2) is 17.4 Å². The number of nitrogens with one attached hydrogen (secondary N) is 1. The van der Waals surface area contributed by atoms with Crippen LogP contribution >= 0.6 is 0 Å². The normalized spacial score (nSPS) is 15.7. The van der Waals surface area contributed by atoms with Crippen molar-refractivity contribution >= 4 is 5.91 Å². The molecule has 3 rings (SSSR count). The molecule has 1 aliphatic rings. The molecule has 1 aromatic carbocycles. The average Bonchev–Trinajstić information content (AvgIpc) is 2.62. The Balaban J connectivity index is 1.94. The van der Waals surface area contributed by atoms with Crippen LogP contribution in [0.2, 0.25) is 0 Å². The van der Waals surface area contributed by atoms with E-state index in [0.717, 1.165) is 12.1 Å². The summed E-state index contributed by atoms with van der Waals surface area (Å²) in [6, 6.07) is 7.86. The highest BCUT2D eigenvalue weighted by Crippen LogP contribution is 2.25. The van der Waals surface area contributed by atoms with E-state index < -0.39 is 0 Å². The molecule has 2 heterocycles. The first kappa shape index (κ1) is 15.2. The van der Waals surface area contributed by atoms with Crippen molar-refractivity contribution < 1.29 is 9.18 Å². The number of halogens is 1. The Kier molecular flexibility index (Phi) is 3.87. The quantitative estimate of drug-likeness (QED) is 0.760. The van der Waals surface area contributed by atoms with Crippen LogP contribution in [0.1, 0.15) is 41.0 Å². The summed E-state index contributed by atoms with van der Waals surface area (Å²) in [6.45, 7) is 4.82. The fraction of sp³-hybridized carbons (Fsp3) is 0.263. The number of carbonyl (C=O) groups is 1. The van der Waals surface area contributed by atoms with Crippen molar-refractivity contribution in [1.29, 1.82) is 0 Å². The van der Waals surface area contributed by atoms with Crippen LogP contribution in [-0.2, 0) is 6.42 Å². The van der Waals surface area contributed by atoms with Gasteiger partial charge < -0.3 is 5.32 Å². The van der Waals surface area contributed by atoms with E-state index in [0.29, 0.717) is 23.2 Å². The summed E-state index contributed by atoms with van der Waals surface area (Å²) >= 11 is 0. The summed E-state index contributed by atoms with van der Waals surface area (Å²) in [5.41, 5.74) is 2.57. The molecule has 4 heteroatoms. The molecular weight excluding hydrogens is 291 g/mol. The molecule has 1 N–H and O–H groups in total. The van der Waals surface area contributed by atoms with Gasteiger partial charge in [-0.15, -0.1) is 0 Å². The molecule has 0 fully saturated rings. The lowest BCUT2D eigenvalue weighted by molar-refractivity contribution is 0.0944. The molecule has 23 heavy (non-hydrogen) atoms. The fourth-order valence-corrected chi connectivity index (χ4v) is 2.54. The zero-order valence-corrected chi connectivity index (χ0v) is 13.1. The molecule has 0 saturated carbocycles. The second-order valence-electron chi connectivity index (χ2n) is 6.50. The zero-order valence-electron chi connectivity index (χ0n) is 13.1. The summed E-state index contributed by atoms with van der Waals surface area (Å²) in [7, 11) is 0. The Bertz CT molecular complexity index is 831. The van der Waals surface area contributed by atoms with E-state index in [4.69, 9.17) is 0 Å². The largest absolute Gasteiger partial charge is 0.351 e. The van der Waals surface area contributed by atoms with Crippen molar-refractivity contribution in [1.82, 2.24) is 10.3 Å². The van der Waals surface area contributed by atoms with Gasteiger partial charge in [0.1, 0.15) is 5.82 Å². The Labute approximate surface area is 134 Å². The standard InChI is InChI=1S/C19H17FN2O/c1-19(2)10-17-16(18(23)22-12-19)9-14(11-21-17)7-6-13-4-3-5-15(20)8-13/h3-5,8-9,11H,10,12H2,1-2H3,(H,22,23). The van der Waals surface area contributed by atoms with Crippen LogP contribution < -0.4 is 5.32 Å². The molecule has 0 spiro atoms. The van der Waals surface area contributed by atoms with Gasteiger partial charge in [0.2, 0.25) is 0 Å². The monoisotopic (exact) mass is 308 g/mol. The van der Waals surface area contributed by atoms with E-state index in [9.17, 15) is 9.18 Å². The topological polar surface area (TPSA) is 42.0 Å². The first-order valence-electron chi connectivity index (χ1n) is 7.48. The molecular formula is C19H17FN2O. The van der Waals surface area contributed by atoms with E-state index in [1.807, 2.05) is 0 Å². The maximum Gasteiger partial charge on any atom is 0.253 e. The minimum absolute atomic E-state index is 0.0251. The molecule has 0 radical (unpaired) electrons. The SMILES string of the molecule is CC1(C)CNC(=O)c2cc(C#Cc3cccc(F)c3)cnc2C1. The number of fused-ring (bicyclic) bond motifs is 1. The number of pyridine rings is 1. The van der Waals surface area contributed by atoms with Gasteiger partial charge in [-0.25, -0.2) is 4.39 Å². The van der Waals surface area contributed by atoms with Crippen LogP contribution in [0.4, 0.5) is 4.39 Å². The highest BCUT2D eigenvalue weighted by Gasteiger charge is 2.27. The predicted octanol–water partition coefficient (Wildman–Crippen LogP) is 2.93. The van der Waals surface area contributed by atoms with E-state index in [-0.39, 0.29) is 17.1 Å². The Morgan fingerprint density at radius 2 is 2.00 bits per heavy atom. The van der Waals surface area contributed by atoms with E-state index in [2.05, 4.69) is 36.0 Å². The first-order chi connectivity index (χ1) is 10.9. The maximum absolute atomic E-state index is 13.2.